The predicted molar refractivity (Wildman–Crippen MR) is 105 cm³/mol. The average Bonchev–Trinajstić information content (AvgIpc) is 3.07. The lowest BCUT2D eigenvalue weighted by Crippen LogP contribution is -2.09. The molecule has 0 bridgehead atoms. The van der Waals surface area contributed by atoms with E-state index in [4.69, 9.17) is 40.5 Å². The van der Waals surface area contributed by atoms with Crippen LogP contribution in [0.1, 0.15) is 5.56 Å². The maximum atomic E-state index is 6.29. The fraction of sp³-hybridized carbons (Fsp3) is 0.0556. The molecule has 0 aromatic heterocycles. The van der Waals surface area contributed by atoms with Crippen LogP contribution in [0.15, 0.2) is 48.8 Å². The monoisotopic (exact) mass is 403 g/mol. The van der Waals surface area contributed by atoms with Gasteiger partial charge in [-0.25, -0.2) is 15.0 Å². The summed E-state index contributed by atoms with van der Waals surface area (Å²) in [6, 6.07) is 12.7. The van der Waals surface area contributed by atoms with Gasteiger partial charge in [0.2, 0.25) is 0 Å². The summed E-state index contributed by atoms with van der Waals surface area (Å²) in [5, 5.41) is 1.80. The second kappa shape index (κ2) is 6.76. The van der Waals surface area contributed by atoms with Crippen molar-refractivity contribution >= 4 is 40.6 Å². The molecular weight excluding hydrogens is 393 g/mol. The van der Waals surface area contributed by atoms with Gasteiger partial charge in [0.25, 0.3) is 0 Å². The highest BCUT2D eigenvalue weighted by Gasteiger charge is 2.20. The van der Waals surface area contributed by atoms with E-state index in [2.05, 4.69) is 15.0 Å². The smallest absolute Gasteiger partial charge is 0.166 e. The van der Waals surface area contributed by atoms with Crippen LogP contribution in [0.3, 0.4) is 0 Å². The van der Waals surface area contributed by atoms with Crippen molar-refractivity contribution in [2.24, 2.45) is 0 Å². The molecule has 2 N–H and O–H groups in total. The third-order valence-electron chi connectivity index (χ3n) is 3.98. The van der Waals surface area contributed by atoms with E-state index in [1.807, 2.05) is 16.7 Å². The molecule has 4 rings (SSSR count). The van der Waals surface area contributed by atoms with Crippen molar-refractivity contribution in [3.63, 3.8) is 0 Å². The maximum Gasteiger partial charge on any atom is 0.166 e. The molecular formula is C18H12Cl3N5. The Bertz CT molecular complexity index is 1040. The number of halogens is 3. The lowest BCUT2D eigenvalue weighted by Gasteiger charge is -2.13. The number of hydrogen-bond donors (Lipinski definition) is 1. The first-order valence-corrected chi connectivity index (χ1v) is 8.83. The van der Waals surface area contributed by atoms with Gasteiger partial charge >= 0.3 is 0 Å². The van der Waals surface area contributed by atoms with E-state index in [9.17, 15) is 0 Å². The molecule has 2 aromatic carbocycles. The summed E-state index contributed by atoms with van der Waals surface area (Å²) in [6.45, 7) is 0.404. The summed E-state index contributed by atoms with van der Waals surface area (Å²) in [5.41, 5.74) is 8.14. The highest BCUT2D eigenvalue weighted by atomic mass is 35.5. The summed E-state index contributed by atoms with van der Waals surface area (Å²) in [4.78, 5) is 13.4. The summed E-state index contributed by atoms with van der Waals surface area (Å²) in [7, 11) is 0. The molecule has 0 radical (unpaired) electrons. The standard InChI is InChI=1S/C18H12Cl3N5/c19-11-6-4-10(5-7-11)17-24-15-16(22)23-9-26(18(15)25-17)8-12-13(20)2-1-3-14(12)21/h1-7,9H,8,22H2. The van der Waals surface area contributed by atoms with E-state index >= 15 is 0 Å². The molecule has 0 saturated heterocycles. The number of nitrogens with zero attached hydrogens (tertiary/aromatic N) is 4. The summed E-state index contributed by atoms with van der Waals surface area (Å²) in [6.07, 6.45) is 1.61. The van der Waals surface area contributed by atoms with Crippen molar-refractivity contribution < 1.29 is 0 Å². The van der Waals surface area contributed by atoms with Crippen LogP contribution in [-0.4, -0.2) is 19.5 Å². The Morgan fingerprint density at radius 1 is 0.923 bits per heavy atom. The molecule has 0 unspecified atom stereocenters. The maximum absolute atomic E-state index is 6.29. The van der Waals surface area contributed by atoms with E-state index in [1.54, 1.807) is 36.7 Å². The molecule has 130 valence electrons. The number of nitrogens with two attached hydrogens (primary N) is 1. The Labute approximate surface area is 164 Å². The van der Waals surface area contributed by atoms with Crippen molar-refractivity contribution in [1.82, 2.24) is 19.5 Å². The van der Waals surface area contributed by atoms with E-state index in [0.717, 1.165) is 11.1 Å². The van der Waals surface area contributed by atoms with E-state index in [1.165, 1.54) is 0 Å². The number of imidazole rings is 1. The van der Waals surface area contributed by atoms with Crippen molar-refractivity contribution in [3.8, 4) is 22.9 Å². The van der Waals surface area contributed by atoms with Gasteiger partial charge in [0.15, 0.2) is 23.2 Å². The lowest BCUT2D eigenvalue weighted by atomic mass is 10.2. The molecule has 2 aromatic rings. The van der Waals surface area contributed by atoms with Gasteiger partial charge in [-0.15, -0.1) is 0 Å². The molecule has 0 aliphatic carbocycles. The second-order valence-electron chi connectivity index (χ2n) is 5.68. The first-order chi connectivity index (χ1) is 12.5. The van der Waals surface area contributed by atoms with Gasteiger partial charge in [0.1, 0.15) is 0 Å². The van der Waals surface area contributed by atoms with Crippen LogP contribution in [0.25, 0.3) is 22.9 Å². The van der Waals surface area contributed by atoms with Crippen molar-refractivity contribution in [2.45, 2.75) is 6.54 Å². The number of aromatic nitrogens is 4. The zero-order chi connectivity index (χ0) is 18.3. The topological polar surface area (TPSA) is 69.6 Å². The summed E-state index contributed by atoms with van der Waals surface area (Å²) in [5.74, 6) is 1.48. The highest BCUT2D eigenvalue weighted by molar-refractivity contribution is 6.36. The SMILES string of the molecule is Nc1ncn(Cc2c(Cl)cccc2Cl)c2nc(-c3ccc(Cl)cc3)nc1-2. The average molecular weight is 405 g/mol. The molecule has 5 nitrogen and oxygen atoms in total. The van der Waals surface area contributed by atoms with Crippen LogP contribution in [0.2, 0.25) is 15.1 Å². The Morgan fingerprint density at radius 3 is 2.31 bits per heavy atom. The number of benzene rings is 2. The van der Waals surface area contributed by atoms with Crippen molar-refractivity contribution in [3.05, 3.63) is 69.4 Å². The molecule has 2 aliphatic heterocycles. The fourth-order valence-electron chi connectivity index (χ4n) is 2.65. The van der Waals surface area contributed by atoms with Crippen LogP contribution in [-0.2, 0) is 6.54 Å². The molecule has 0 spiro atoms. The highest BCUT2D eigenvalue weighted by Crippen LogP contribution is 2.31. The number of fused-ring (bicyclic) bond motifs is 1. The van der Waals surface area contributed by atoms with Crippen molar-refractivity contribution in [1.29, 1.82) is 0 Å². The largest absolute Gasteiger partial charge is 0.382 e. The van der Waals surface area contributed by atoms with E-state index in [-0.39, 0.29) is 0 Å². The number of rotatable bonds is 3. The van der Waals surface area contributed by atoms with Gasteiger partial charge in [-0.2, -0.15) is 0 Å². The normalized spacial score (nSPS) is 11.2. The minimum Gasteiger partial charge on any atom is -0.382 e. The minimum atomic E-state index is 0.314. The number of nitrogen functional groups attached to an aromatic ring is 1. The number of hydrogen-bond acceptors (Lipinski definition) is 4. The molecule has 0 fully saturated rings. The predicted octanol–water partition coefficient (Wildman–Crippen LogP) is 5.04. The molecule has 8 heteroatoms. The second-order valence-corrected chi connectivity index (χ2v) is 6.94. The van der Waals surface area contributed by atoms with Crippen LogP contribution in [0.5, 0.6) is 0 Å². The van der Waals surface area contributed by atoms with Crippen LogP contribution in [0.4, 0.5) is 5.82 Å². The quantitative estimate of drug-likeness (QED) is 0.519. The lowest BCUT2D eigenvalue weighted by molar-refractivity contribution is 0.763. The summed E-state index contributed by atoms with van der Waals surface area (Å²) < 4.78 is 1.82. The fourth-order valence-corrected chi connectivity index (χ4v) is 3.29. The molecule has 2 aliphatic rings. The third kappa shape index (κ3) is 3.09. The summed E-state index contributed by atoms with van der Waals surface area (Å²) >= 11 is 18.5. The first kappa shape index (κ1) is 17.1. The molecule has 0 saturated carbocycles. The molecule has 0 amide bonds. The molecule has 26 heavy (non-hydrogen) atoms. The van der Waals surface area contributed by atoms with E-state index < -0.39 is 0 Å². The van der Waals surface area contributed by atoms with Crippen molar-refractivity contribution in [2.75, 3.05) is 5.73 Å². The Hall–Kier alpha value is -2.34. The zero-order valence-electron chi connectivity index (χ0n) is 13.3. The minimum absolute atomic E-state index is 0.314. The van der Waals surface area contributed by atoms with Gasteiger partial charge in [-0.05, 0) is 36.4 Å². The Morgan fingerprint density at radius 2 is 1.62 bits per heavy atom. The van der Waals surface area contributed by atoms with Gasteiger partial charge in [0.05, 0.1) is 12.9 Å². The number of anilines is 1. The molecule has 0 atom stereocenters. The van der Waals surface area contributed by atoms with Crippen LogP contribution >= 0.6 is 34.8 Å². The third-order valence-corrected chi connectivity index (χ3v) is 4.94. The van der Waals surface area contributed by atoms with E-state index in [0.29, 0.717) is 44.8 Å². The van der Waals surface area contributed by atoms with Gasteiger partial charge in [-0.3, -0.25) is 0 Å². The van der Waals surface area contributed by atoms with Crippen LogP contribution < -0.4 is 5.73 Å². The molecule has 2 heterocycles. The zero-order valence-corrected chi connectivity index (χ0v) is 15.6. The van der Waals surface area contributed by atoms with Gasteiger partial charge < -0.3 is 10.3 Å². The Kier molecular flexibility index (Phi) is 4.44. The Balaban J connectivity index is 1.82. The van der Waals surface area contributed by atoms with Crippen LogP contribution in [0, 0.1) is 0 Å². The van der Waals surface area contributed by atoms with Gasteiger partial charge in [-0.1, -0.05) is 40.9 Å². The van der Waals surface area contributed by atoms with Gasteiger partial charge in [0, 0.05) is 26.2 Å². The first-order valence-electron chi connectivity index (χ1n) is 7.70.